The second kappa shape index (κ2) is 4.09. The van der Waals surface area contributed by atoms with E-state index in [2.05, 4.69) is 47.7 Å². The number of hydrogen-bond acceptors (Lipinski definition) is 3. The van der Waals surface area contributed by atoms with Crippen LogP contribution < -0.4 is 0 Å². The van der Waals surface area contributed by atoms with Gasteiger partial charge >= 0.3 is 0 Å². The summed E-state index contributed by atoms with van der Waals surface area (Å²) in [6.45, 7) is 15.7. The molecule has 0 saturated carbocycles. The third kappa shape index (κ3) is 2.67. The first-order valence-electron chi connectivity index (χ1n) is 5.95. The van der Waals surface area contributed by atoms with Gasteiger partial charge in [-0.05, 0) is 18.1 Å². The molecular formula is C12H26O3Si. The van der Waals surface area contributed by atoms with E-state index in [1.54, 1.807) is 0 Å². The summed E-state index contributed by atoms with van der Waals surface area (Å²) in [4.78, 5) is 0. The summed E-state index contributed by atoms with van der Waals surface area (Å²) in [5.74, 6) is 0. The molecule has 2 atom stereocenters. The molecule has 3 nitrogen and oxygen atoms in total. The van der Waals surface area contributed by atoms with E-state index in [9.17, 15) is 5.11 Å². The topological polar surface area (TPSA) is 38.7 Å². The Balaban J connectivity index is 2.81. The largest absolute Gasteiger partial charge is 0.408 e. The lowest BCUT2D eigenvalue weighted by Gasteiger charge is -2.41. The van der Waals surface area contributed by atoms with Crippen LogP contribution in [0.1, 0.15) is 34.6 Å². The highest BCUT2D eigenvalue weighted by molar-refractivity contribution is 6.74. The molecule has 1 N–H and O–H groups in total. The molecule has 4 heteroatoms. The minimum atomic E-state index is -1.84. The Morgan fingerprint density at radius 1 is 1.31 bits per heavy atom. The number of ether oxygens (including phenoxy) is 1. The van der Waals surface area contributed by atoms with Crippen molar-refractivity contribution < 1.29 is 14.3 Å². The third-order valence-electron chi connectivity index (χ3n) is 3.88. The highest BCUT2D eigenvalue weighted by Crippen LogP contribution is 2.42. The predicted molar refractivity (Wildman–Crippen MR) is 67.8 cm³/mol. The van der Waals surface area contributed by atoms with Crippen molar-refractivity contribution in [3.63, 3.8) is 0 Å². The molecule has 1 heterocycles. The molecule has 0 aliphatic carbocycles. The Morgan fingerprint density at radius 3 is 2.12 bits per heavy atom. The van der Waals surface area contributed by atoms with Gasteiger partial charge in [-0.1, -0.05) is 34.6 Å². The Hall–Kier alpha value is 0.0969. The number of aliphatic hydroxyl groups is 1. The van der Waals surface area contributed by atoms with Crippen molar-refractivity contribution in [3.05, 3.63) is 0 Å². The van der Waals surface area contributed by atoms with Crippen LogP contribution in [0.5, 0.6) is 0 Å². The maximum absolute atomic E-state index is 9.83. The van der Waals surface area contributed by atoms with Crippen molar-refractivity contribution in [1.29, 1.82) is 0 Å². The standard InChI is InChI=1S/C12H26O3Si/c1-11(2,3)16(6,7)15-9-10(13)14-8-12(9,4)5/h9-10,13H,8H2,1-7H3/t9-,10-/m0/s1. The van der Waals surface area contributed by atoms with E-state index in [0.717, 1.165) is 0 Å². The Morgan fingerprint density at radius 2 is 1.81 bits per heavy atom. The average molecular weight is 246 g/mol. The van der Waals surface area contributed by atoms with E-state index in [0.29, 0.717) is 6.61 Å². The van der Waals surface area contributed by atoms with Gasteiger partial charge in [-0.25, -0.2) is 0 Å². The smallest absolute Gasteiger partial charge is 0.192 e. The molecule has 1 aliphatic rings. The van der Waals surface area contributed by atoms with E-state index in [1.807, 2.05) is 0 Å². The first-order chi connectivity index (χ1) is 6.97. The van der Waals surface area contributed by atoms with E-state index in [1.165, 1.54) is 0 Å². The van der Waals surface area contributed by atoms with Gasteiger partial charge in [-0.2, -0.15) is 0 Å². The molecule has 1 saturated heterocycles. The van der Waals surface area contributed by atoms with Crippen molar-refractivity contribution in [2.45, 2.75) is 65.1 Å². The van der Waals surface area contributed by atoms with Gasteiger partial charge in [-0.3, -0.25) is 0 Å². The molecular weight excluding hydrogens is 220 g/mol. The predicted octanol–water partition coefficient (Wildman–Crippen LogP) is 2.75. The second-order valence-electron chi connectivity index (χ2n) is 6.99. The molecule has 0 amide bonds. The molecule has 0 aromatic carbocycles. The molecule has 0 aromatic heterocycles. The lowest BCUT2D eigenvalue weighted by Crippen LogP contribution is -2.49. The maximum Gasteiger partial charge on any atom is 0.192 e. The average Bonchev–Trinajstić information content (AvgIpc) is 2.29. The number of rotatable bonds is 2. The van der Waals surface area contributed by atoms with E-state index in [-0.39, 0.29) is 16.6 Å². The summed E-state index contributed by atoms with van der Waals surface area (Å²) in [5, 5.41) is 9.99. The SMILES string of the molecule is CC1(C)CO[C@H](O)[C@@H]1O[Si](C)(C)C(C)(C)C. The minimum absolute atomic E-state index is 0.102. The fourth-order valence-electron chi connectivity index (χ4n) is 1.57. The van der Waals surface area contributed by atoms with Crippen LogP contribution in [0.4, 0.5) is 0 Å². The molecule has 1 aliphatic heterocycles. The monoisotopic (exact) mass is 246 g/mol. The first-order valence-corrected chi connectivity index (χ1v) is 8.86. The van der Waals surface area contributed by atoms with Crippen molar-refractivity contribution in [2.75, 3.05) is 6.61 Å². The van der Waals surface area contributed by atoms with Gasteiger partial charge in [0.05, 0.1) is 6.61 Å². The Kier molecular flexibility index (Phi) is 3.62. The van der Waals surface area contributed by atoms with Crippen LogP contribution in [0, 0.1) is 5.41 Å². The van der Waals surface area contributed by atoms with Gasteiger partial charge in [0, 0.05) is 5.41 Å². The number of hydrogen-bond donors (Lipinski definition) is 1. The van der Waals surface area contributed by atoms with Crippen molar-refractivity contribution in [1.82, 2.24) is 0 Å². The molecule has 96 valence electrons. The van der Waals surface area contributed by atoms with Gasteiger partial charge in [0.1, 0.15) is 6.10 Å². The van der Waals surface area contributed by atoms with Gasteiger partial charge in [-0.15, -0.1) is 0 Å². The first kappa shape index (κ1) is 14.2. The lowest BCUT2D eigenvalue weighted by molar-refractivity contribution is -0.107. The molecule has 16 heavy (non-hydrogen) atoms. The van der Waals surface area contributed by atoms with Crippen LogP contribution in [0.2, 0.25) is 18.1 Å². The summed E-state index contributed by atoms with van der Waals surface area (Å²) in [5.41, 5.74) is -0.102. The van der Waals surface area contributed by atoms with E-state index >= 15 is 0 Å². The van der Waals surface area contributed by atoms with Gasteiger partial charge in [0.2, 0.25) is 0 Å². The summed E-state index contributed by atoms with van der Waals surface area (Å²) in [7, 11) is -1.84. The van der Waals surface area contributed by atoms with Crippen molar-refractivity contribution >= 4 is 8.32 Å². The quantitative estimate of drug-likeness (QED) is 0.761. The van der Waals surface area contributed by atoms with E-state index in [4.69, 9.17) is 9.16 Å². The number of aliphatic hydroxyl groups excluding tert-OH is 1. The third-order valence-corrected chi connectivity index (χ3v) is 8.34. The van der Waals surface area contributed by atoms with Gasteiger partial charge in [0.25, 0.3) is 0 Å². The summed E-state index contributed by atoms with van der Waals surface area (Å²) in [6.07, 6.45) is -0.975. The van der Waals surface area contributed by atoms with Gasteiger partial charge in [0.15, 0.2) is 14.6 Å². The van der Waals surface area contributed by atoms with Crippen LogP contribution in [-0.4, -0.2) is 32.4 Å². The normalized spacial score (nSPS) is 30.8. The fraction of sp³-hybridized carbons (Fsp3) is 1.00. The van der Waals surface area contributed by atoms with Crippen LogP contribution in [0.3, 0.4) is 0 Å². The molecule has 0 aromatic rings. The molecule has 1 rings (SSSR count). The highest BCUT2D eigenvalue weighted by atomic mass is 28.4. The minimum Gasteiger partial charge on any atom is -0.408 e. The Labute approximate surface area is 100 Å². The van der Waals surface area contributed by atoms with Crippen LogP contribution >= 0.6 is 0 Å². The van der Waals surface area contributed by atoms with Crippen molar-refractivity contribution in [2.24, 2.45) is 5.41 Å². The molecule has 0 unspecified atom stereocenters. The zero-order valence-electron chi connectivity index (χ0n) is 11.6. The Bertz CT molecular complexity index is 255. The molecule has 0 spiro atoms. The van der Waals surface area contributed by atoms with E-state index < -0.39 is 14.6 Å². The highest BCUT2D eigenvalue weighted by Gasteiger charge is 2.49. The lowest BCUT2D eigenvalue weighted by atomic mass is 9.90. The fourth-order valence-corrected chi connectivity index (χ4v) is 2.99. The zero-order chi connectivity index (χ0) is 12.8. The molecule has 0 bridgehead atoms. The second-order valence-corrected chi connectivity index (χ2v) is 11.7. The summed E-state index contributed by atoms with van der Waals surface area (Å²) < 4.78 is 11.5. The molecule has 0 radical (unpaired) electrons. The van der Waals surface area contributed by atoms with Gasteiger partial charge < -0.3 is 14.3 Å². The van der Waals surface area contributed by atoms with Crippen molar-refractivity contribution in [3.8, 4) is 0 Å². The van der Waals surface area contributed by atoms with Crippen LogP contribution in [0.25, 0.3) is 0 Å². The van der Waals surface area contributed by atoms with Crippen LogP contribution in [0.15, 0.2) is 0 Å². The summed E-state index contributed by atoms with van der Waals surface area (Å²) in [6, 6.07) is 0. The van der Waals surface area contributed by atoms with Crippen LogP contribution in [-0.2, 0) is 9.16 Å². The zero-order valence-corrected chi connectivity index (χ0v) is 12.6. The summed E-state index contributed by atoms with van der Waals surface area (Å²) >= 11 is 0. The maximum atomic E-state index is 9.83. The molecule has 1 fully saturated rings.